The molecule has 2 aliphatic heterocycles. The minimum Gasteiger partial charge on any atom is -0.436 e. The Morgan fingerprint density at radius 3 is 2.39 bits per heavy atom. The van der Waals surface area contributed by atoms with Gasteiger partial charge in [0, 0.05) is 26.2 Å². The minimum absolute atomic E-state index is 0.167. The molecule has 0 saturated carbocycles. The summed E-state index contributed by atoms with van der Waals surface area (Å²) in [5, 5.41) is 12.6. The SMILES string of the molecule is CCC(C)(C)C[C@H](OC(=O)N1CCOCC1)C(=O)NC1(C#N)CCN(C)CC1. The van der Waals surface area contributed by atoms with Gasteiger partial charge in [-0.2, -0.15) is 5.26 Å². The second kappa shape index (κ2) is 9.57. The number of nitrogens with zero attached hydrogens (tertiary/aromatic N) is 3. The molecule has 8 heteroatoms. The van der Waals surface area contributed by atoms with Crippen LogP contribution in [0, 0.1) is 16.7 Å². The summed E-state index contributed by atoms with van der Waals surface area (Å²) in [4.78, 5) is 29.3. The highest BCUT2D eigenvalue weighted by atomic mass is 16.6. The van der Waals surface area contributed by atoms with Crippen LogP contribution in [0.3, 0.4) is 0 Å². The average molecular weight is 395 g/mol. The number of likely N-dealkylation sites (tertiary alicyclic amines) is 1. The first-order valence-corrected chi connectivity index (χ1v) is 10.2. The molecule has 0 unspecified atom stereocenters. The van der Waals surface area contributed by atoms with Crippen LogP contribution in [0.25, 0.3) is 0 Å². The molecule has 2 amide bonds. The van der Waals surface area contributed by atoms with E-state index in [0.717, 1.165) is 19.5 Å². The van der Waals surface area contributed by atoms with Gasteiger partial charge in [-0.15, -0.1) is 0 Å². The molecule has 28 heavy (non-hydrogen) atoms. The van der Waals surface area contributed by atoms with Crippen molar-refractivity contribution in [2.75, 3.05) is 46.4 Å². The average Bonchev–Trinajstić information content (AvgIpc) is 2.70. The number of piperidine rings is 1. The Morgan fingerprint density at radius 2 is 1.86 bits per heavy atom. The van der Waals surface area contributed by atoms with Crippen molar-refractivity contribution in [3.05, 3.63) is 0 Å². The van der Waals surface area contributed by atoms with E-state index in [4.69, 9.17) is 9.47 Å². The molecule has 1 atom stereocenters. The summed E-state index contributed by atoms with van der Waals surface area (Å²) in [5.41, 5.74) is -1.07. The van der Waals surface area contributed by atoms with Gasteiger partial charge < -0.3 is 24.6 Å². The van der Waals surface area contributed by atoms with Crippen molar-refractivity contribution >= 4 is 12.0 Å². The van der Waals surface area contributed by atoms with Crippen LogP contribution < -0.4 is 5.32 Å². The Morgan fingerprint density at radius 1 is 1.25 bits per heavy atom. The number of rotatable bonds is 6. The van der Waals surface area contributed by atoms with Crippen molar-refractivity contribution in [3.8, 4) is 6.07 Å². The second-order valence-corrected chi connectivity index (χ2v) is 8.68. The summed E-state index contributed by atoms with van der Waals surface area (Å²) in [6, 6.07) is 2.29. The van der Waals surface area contributed by atoms with Gasteiger partial charge >= 0.3 is 6.09 Å². The molecule has 0 bridgehead atoms. The third-order valence-electron chi connectivity index (χ3n) is 5.92. The number of amides is 2. The van der Waals surface area contributed by atoms with E-state index in [1.165, 1.54) is 0 Å². The monoisotopic (exact) mass is 394 g/mol. The van der Waals surface area contributed by atoms with Crippen LogP contribution >= 0.6 is 0 Å². The van der Waals surface area contributed by atoms with Gasteiger partial charge in [-0.05, 0) is 31.7 Å². The van der Waals surface area contributed by atoms with E-state index >= 15 is 0 Å². The molecule has 158 valence electrons. The van der Waals surface area contributed by atoms with E-state index in [2.05, 4.69) is 16.3 Å². The van der Waals surface area contributed by atoms with Crippen LogP contribution in [-0.4, -0.2) is 79.9 Å². The maximum absolute atomic E-state index is 13.1. The van der Waals surface area contributed by atoms with E-state index in [9.17, 15) is 14.9 Å². The van der Waals surface area contributed by atoms with Gasteiger partial charge in [-0.3, -0.25) is 4.79 Å². The highest BCUT2D eigenvalue weighted by Crippen LogP contribution is 2.29. The van der Waals surface area contributed by atoms with Crippen molar-refractivity contribution < 1.29 is 19.1 Å². The Bertz CT molecular complexity index is 588. The summed E-state index contributed by atoms with van der Waals surface area (Å²) >= 11 is 0. The zero-order valence-corrected chi connectivity index (χ0v) is 17.6. The third-order valence-corrected chi connectivity index (χ3v) is 5.92. The Kier molecular flexibility index (Phi) is 7.67. The molecular formula is C20H34N4O4. The summed E-state index contributed by atoms with van der Waals surface area (Å²) in [5.74, 6) is -0.380. The number of ether oxygens (including phenoxy) is 2. The van der Waals surface area contributed by atoms with Crippen LogP contribution in [0.1, 0.15) is 46.5 Å². The lowest BCUT2D eigenvalue weighted by Crippen LogP contribution is -2.57. The third kappa shape index (κ3) is 6.08. The molecule has 2 aliphatic rings. The fourth-order valence-electron chi connectivity index (χ4n) is 3.36. The summed E-state index contributed by atoms with van der Waals surface area (Å²) in [6.45, 7) is 9.48. The number of morpholine rings is 1. The Labute approximate surface area is 168 Å². The van der Waals surface area contributed by atoms with Gasteiger partial charge in [0.05, 0.1) is 19.3 Å². The molecule has 2 rings (SSSR count). The molecule has 0 aliphatic carbocycles. The molecule has 2 fully saturated rings. The highest BCUT2D eigenvalue weighted by molar-refractivity contribution is 5.84. The zero-order chi connectivity index (χ0) is 20.8. The number of carbonyl (C=O) groups excluding carboxylic acids is 2. The van der Waals surface area contributed by atoms with Crippen molar-refractivity contribution in [1.82, 2.24) is 15.1 Å². The summed E-state index contributed by atoms with van der Waals surface area (Å²) < 4.78 is 10.9. The normalized spacial score (nSPS) is 21.5. The molecule has 2 saturated heterocycles. The van der Waals surface area contributed by atoms with Gasteiger partial charge in [0.15, 0.2) is 6.10 Å². The van der Waals surface area contributed by atoms with E-state index in [-0.39, 0.29) is 11.3 Å². The predicted molar refractivity (Wildman–Crippen MR) is 105 cm³/mol. The van der Waals surface area contributed by atoms with Crippen LogP contribution in [-0.2, 0) is 14.3 Å². The summed E-state index contributed by atoms with van der Waals surface area (Å²) in [7, 11) is 2.00. The summed E-state index contributed by atoms with van der Waals surface area (Å²) in [6.07, 6.45) is 0.965. The molecule has 8 nitrogen and oxygen atoms in total. The van der Waals surface area contributed by atoms with E-state index in [0.29, 0.717) is 45.6 Å². The highest BCUT2D eigenvalue weighted by Gasteiger charge is 2.39. The molecule has 0 aromatic rings. The number of hydrogen-bond acceptors (Lipinski definition) is 6. The van der Waals surface area contributed by atoms with Crippen LogP contribution in [0.4, 0.5) is 4.79 Å². The van der Waals surface area contributed by atoms with Gasteiger partial charge in [0.2, 0.25) is 0 Å². The molecule has 1 N–H and O–H groups in total. The van der Waals surface area contributed by atoms with Crippen molar-refractivity contribution in [3.63, 3.8) is 0 Å². The largest absolute Gasteiger partial charge is 0.436 e. The van der Waals surface area contributed by atoms with E-state index in [1.807, 2.05) is 27.8 Å². The predicted octanol–water partition coefficient (Wildman–Crippen LogP) is 1.75. The minimum atomic E-state index is -0.921. The number of carbonyl (C=O) groups is 2. The molecule has 0 radical (unpaired) electrons. The van der Waals surface area contributed by atoms with Crippen LogP contribution in [0.15, 0.2) is 0 Å². The maximum atomic E-state index is 13.1. The lowest BCUT2D eigenvalue weighted by Gasteiger charge is -2.37. The fraction of sp³-hybridized carbons (Fsp3) is 0.850. The van der Waals surface area contributed by atoms with Gasteiger partial charge in [-0.1, -0.05) is 27.2 Å². The quantitative estimate of drug-likeness (QED) is 0.738. The smallest absolute Gasteiger partial charge is 0.410 e. The second-order valence-electron chi connectivity index (χ2n) is 8.68. The van der Waals surface area contributed by atoms with Gasteiger partial charge in [-0.25, -0.2) is 4.79 Å². The molecule has 0 aromatic carbocycles. The molecule has 2 heterocycles. The van der Waals surface area contributed by atoms with Crippen LogP contribution in [0.2, 0.25) is 0 Å². The Hall–Kier alpha value is -1.85. The number of hydrogen-bond donors (Lipinski definition) is 1. The fourth-order valence-corrected chi connectivity index (χ4v) is 3.36. The van der Waals surface area contributed by atoms with Crippen molar-refractivity contribution in [2.45, 2.75) is 58.1 Å². The lowest BCUT2D eigenvalue weighted by atomic mass is 9.83. The Balaban J connectivity index is 2.09. The van der Waals surface area contributed by atoms with E-state index < -0.39 is 17.7 Å². The maximum Gasteiger partial charge on any atom is 0.410 e. The number of nitrogens with one attached hydrogen (secondary N) is 1. The first-order chi connectivity index (χ1) is 13.2. The molecule has 0 spiro atoms. The van der Waals surface area contributed by atoms with E-state index in [1.54, 1.807) is 4.90 Å². The first-order valence-electron chi connectivity index (χ1n) is 10.2. The van der Waals surface area contributed by atoms with Gasteiger partial charge in [0.1, 0.15) is 5.54 Å². The van der Waals surface area contributed by atoms with Crippen molar-refractivity contribution in [2.24, 2.45) is 5.41 Å². The number of nitriles is 1. The van der Waals surface area contributed by atoms with Crippen molar-refractivity contribution in [1.29, 1.82) is 5.26 Å². The first kappa shape index (κ1) is 22.4. The molecule has 0 aromatic heterocycles. The van der Waals surface area contributed by atoms with Gasteiger partial charge in [0.25, 0.3) is 5.91 Å². The zero-order valence-electron chi connectivity index (χ0n) is 17.6. The molecular weight excluding hydrogens is 360 g/mol. The topological polar surface area (TPSA) is 94.9 Å². The standard InChI is InChI=1S/C20H34N4O4/c1-5-19(2,3)14-16(28-18(26)24-10-12-27-13-11-24)17(25)22-20(15-21)6-8-23(4)9-7-20/h16H,5-14H2,1-4H3,(H,22,25)/t16-/m0/s1. The lowest BCUT2D eigenvalue weighted by molar-refractivity contribution is -0.134. The van der Waals surface area contributed by atoms with Crippen LogP contribution in [0.5, 0.6) is 0 Å².